The number of nitrogens with one attached hydrogen (secondary N) is 3. The molecular weight excluding hydrogens is 453 g/mol. The highest BCUT2D eigenvalue weighted by atomic mass is 32.1. The standard InChI is InChI=1S/C24H30N5O2PS/c1-15-12-22(29-28-15)26-18-8-9-19(20(13-18)32-10-2-3-11-32)21-14-25-23(33-21)16-4-6-17(7-5-16)27-24(30)31/h8-9,12-14,16-17,27H,2-7,10-11H2,1H3,(H,30,31)(H2,26,28,29). The van der Waals surface area contributed by atoms with Crippen LogP contribution in [0, 0.1) is 6.92 Å². The van der Waals surface area contributed by atoms with Gasteiger partial charge in [-0.1, -0.05) is 14.0 Å². The molecule has 1 aliphatic carbocycles. The minimum Gasteiger partial charge on any atom is -0.465 e. The van der Waals surface area contributed by atoms with Crippen LogP contribution in [0.4, 0.5) is 16.3 Å². The number of aryl methyl sites for hydroxylation is 1. The van der Waals surface area contributed by atoms with E-state index < -0.39 is 6.09 Å². The Morgan fingerprint density at radius 1 is 1.18 bits per heavy atom. The Bertz CT molecular complexity index is 1120. The predicted octanol–water partition coefficient (Wildman–Crippen LogP) is 5.78. The molecule has 1 aromatic carbocycles. The van der Waals surface area contributed by atoms with Gasteiger partial charge >= 0.3 is 6.09 Å². The van der Waals surface area contributed by atoms with E-state index in [1.807, 2.05) is 24.3 Å². The number of thiazole rings is 1. The van der Waals surface area contributed by atoms with E-state index in [0.717, 1.165) is 42.9 Å². The molecule has 1 saturated heterocycles. The highest BCUT2D eigenvalue weighted by Crippen LogP contribution is 2.46. The molecule has 4 N–H and O–H groups in total. The molecule has 1 aliphatic heterocycles. The van der Waals surface area contributed by atoms with Gasteiger partial charge in [-0.2, -0.15) is 5.10 Å². The molecule has 33 heavy (non-hydrogen) atoms. The second kappa shape index (κ2) is 9.82. The highest BCUT2D eigenvalue weighted by Gasteiger charge is 2.27. The van der Waals surface area contributed by atoms with Crippen LogP contribution in [0.3, 0.4) is 0 Å². The molecular formula is C24H30N5O2PS. The Hall–Kier alpha value is -2.44. The summed E-state index contributed by atoms with van der Waals surface area (Å²) in [5, 5.41) is 25.0. The summed E-state index contributed by atoms with van der Waals surface area (Å²) >= 11 is 1.82. The van der Waals surface area contributed by atoms with E-state index in [-0.39, 0.29) is 14.0 Å². The molecule has 2 aromatic heterocycles. The van der Waals surface area contributed by atoms with Gasteiger partial charge in [0.05, 0.1) is 9.88 Å². The first kappa shape index (κ1) is 22.4. The molecule has 7 nitrogen and oxygen atoms in total. The average molecular weight is 484 g/mol. The van der Waals surface area contributed by atoms with E-state index in [1.165, 1.54) is 45.9 Å². The summed E-state index contributed by atoms with van der Waals surface area (Å²) in [6, 6.07) is 8.83. The van der Waals surface area contributed by atoms with Crippen LogP contribution in [-0.2, 0) is 0 Å². The van der Waals surface area contributed by atoms with Crippen molar-refractivity contribution in [3.8, 4) is 10.4 Å². The summed E-state index contributed by atoms with van der Waals surface area (Å²) in [6.45, 7) is 2.00. The van der Waals surface area contributed by atoms with Gasteiger partial charge in [0.1, 0.15) is 0 Å². The third-order valence-corrected chi connectivity index (χ3v) is 10.6. The van der Waals surface area contributed by atoms with E-state index in [1.54, 1.807) is 0 Å². The maximum Gasteiger partial charge on any atom is 0.404 e. The fourth-order valence-corrected chi connectivity index (χ4v) is 8.90. The van der Waals surface area contributed by atoms with Crippen LogP contribution in [0.5, 0.6) is 0 Å². The second-order valence-electron chi connectivity index (χ2n) is 9.05. The molecule has 1 saturated carbocycles. The van der Waals surface area contributed by atoms with Gasteiger partial charge in [-0.05, 0) is 75.2 Å². The zero-order chi connectivity index (χ0) is 22.8. The lowest BCUT2D eigenvalue weighted by molar-refractivity contribution is 0.185. The quantitative estimate of drug-likeness (QED) is 0.333. The number of aromatic nitrogens is 3. The largest absolute Gasteiger partial charge is 0.465 e. The fourth-order valence-electron chi connectivity index (χ4n) is 4.93. The maximum atomic E-state index is 10.9. The van der Waals surface area contributed by atoms with Crippen molar-refractivity contribution in [2.24, 2.45) is 0 Å². The number of rotatable bonds is 6. The van der Waals surface area contributed by atoms with E-state index in [4.69, 9.17) is 10.1 Å². The van der Waals surface area contributed by atoms with Crippen molar-refractivity contribution in [1.29, 1.82) is 0 Å². The molecule has 174 valence electrons. The van der Waals surface area contributed by atoms with Crippen molar-refractivity contribution in [3.05, 3.63) is 41.2 Å². The summed E-state index contributed by atoms with van der Waals surface area (Å²) in [5.41, 5.74) is 3.46. The second-order valence-corrected chi connectivity index (χ2v) is 12.6. The first-order valence-electron chi connectivity index (χ1n) is 11.7. The Kier molecular flexibility index (Phi) is 6.65. The fraction of sp³-hybridized carbons (Fsp3) is 0.458. The number of anilines is 2. The summed E-state index contributed by atoms with van der Waals surface area (Å²) in [5.74, 6) is 1.28. The van der Waals surface area contributed by atoms with Crippen LogP contribution in [0.1, 0.15) is 55.1 Å². The SMILES string of the molecule is Cc1cc(Nc2ccc(-c3cnc(C4CCC(NC(=O)O)CC4)s3)c(P3CCCC3)c2)n[nH]1. The van der Waals surface area contributed by atoms with Crippen LogP contribution in [-0.4, -0.2) is 44.7 Å². The molecule has 2 aliphatic rings. The number of benzene rings is 1. The normalized spacial score (nSPS) is 21.2. The number of hydrogen-bond acceptors (Lipinski definition) is 5. The maximum absolute atomic E-state index is 10.9. The van der Waals surface area contributed by atoms with E-state index >= 15 is 0 Å². The predicted molar refractivity (Wildman–Crippen MR) is 136 cm³/mol. The molecule has 0 atom stereocenters. The number of aromatic amines is 1. The van der Waals surface area contributed by atoms with Gasteiger partial charge in [0.2, 0.25) is 0 Å². The van der Waals surface area contributed by atoms with Crippen molar-refractivity contribution in [3.63, 3.8) is 0 Å². The molecule has 0 bridgehead atoms. The van der Waals surface area contributed by atoms with E-state index in [2.05, 4.69) is 45.2 Å². The lowest BCUT2D eigenvalue weighted by Gasteiger charge is -2.27. The summed E-state index contributed by atoms with van der Waals surface area (Å²) in [6.07, 6.45) is 10.1. The Balaban J connectivity index is 1.36. The number of carboxylic acid groups (broad SMARTS) is 1. The minimum atomic E-state index is -0.920. The van der Waals surface area contributed by atoms with Gasteiger partial charge in [0.15, 0.2) is 5.82 Å². The summed E-state index contributed by atoms with van der Waals surface area (Å²) in [7, 11) is -0.143. The average Bonchev–Trinajstić information content (AvgIpc) is 3.56. The number of H-pyrrole nitrogens is 1. The lowest BCUT2D eigenvalue weighted by Crippen LogP contribution is -2.36. The molecule has 5 rings (SSSR count). The zero-order valence-electron chi connectivity index (χ0n) is 18.8. The number of hydrogen-bond donors (Lipinski definition) is 4. The van der Waals surface area contributed by atoms with Crippen molar-refractivity contribution in [1.82, 2.24) is 20.5 Å². The molecule has 1 amide bonds. The third-order valence-electron chi connectivity index (χ3n) is 6.62. The van der Waals surface area contributed by atoms with Gasteiger partial charge in [-0.25, -0.2) is 9.78 Å². The first-order valence-corrected chi connectivity index (χ1v) is 14.2. The van der Waals surface area contributed by atoms with Crippen molar-refractivity contribution >= 4 is 42.2 Å². The molecule has 9 heteroatoms. The van der Waals surface area contributed by atoms with Crippen LogP contribution in [0.25, 0.3) is 10.4 Å². The van der Waals surface area contributed by atoms with Crippen molar-refractivity contribution in [2.45, 2.75) is 57.4 Å². The van der Waals surface area contributed by atoms with E-state index in [0.29, 0.717) is 5.92 Å². The van der Waals surface area contributed by atoms with Crippen LogP contribution >= 0.6 is 19.3 Å². The smallest absolute Gasteiger partial charge is 0.404 e. The van der Waals surface area contributed by atoms with Crippen LogP contribution in [0.15, 0.2) is 30.5 Å². The van der Waals surface area contributed by atoms with Gasteiger partial charge in [0, 0.05) is 41.2 Å². The third kappa shape index (κ3) is 5.22. The summed E-state index contributed by atoms with van der Waals surface area (Å²) < 4.78 is 0. The molecule has 0 radical (unpaired) electrons. The molecule has 0 spiro atoms. The Morgan fingerprint density at radius 3 is 2.67 bits per heavy atom. The van der Waals surface area contributed by atoms with Crippen molar-refractivity contribution < 1.29 is 9.90 Å². The van der Waals surface area contributed by atoms with Gasteiger partial charge in [0.25, 0.3) is 0 Å². The van der Waals surface area contributed by atoms with E-state index in [9.17, 15) is 4.79 Å². The first-order chi connectivity index (χ1) is 16.0. The minimum absolute atomic E-state index is 0.0771. The monoisotopic (exact) mass is 483 g/mol. The zero-order valence-corrected chi connectivity index (χ0v) is 20.5. The molecule has 3 heterocycles. The Labute approximate surface area is 199 Å². The number of carbonyl (C=O) groups is 1. The van der Waals surface area contributed by atoms with Crippen molar-refractivity contribution in [2.75, 3.05) is 17.6 Å². The van der Waals surface area contributed by atoms with Gasteiger partial charge in [-0.15, -0.1) is 11.3 Å². The molecule has 2 fully saturated rings. The lowest BCUT2D eigenvalue weighted by atomic mass is 9.86. The van der Waals surface area contributed by atoms with Crippen LogP contribution in [0.2, 0.25) is 0 Å². The van der Waals surface area contributed by atoms with Crippen LogP contribution < -0.4 is 15.9 Å². The number of nitrogens with zero attached hydrogens (tertiary/aromatic N) is 2. The number of amides is 1. The topological polar surface area (TPSA) is 103 Å². The molecule has 3 aromatic rings. The summed E-state index contributed by atoms with van der Waals surface area (Å²) in [4.78, 5) is 17.0. The van der Waals surface area contributed by atoms with Gasteiger partial charge < -0.3 is 15.7 Å². The van der Waals surface area contributed by atoms with Gasteiger partial charge in [-0.3, -0.25) is 5.10 Å². The molecule has 0 unspecified atom stereocenters. The highest BCUT2D eigenvalue weighted by molar-refractivity contribution is 7.66. The Morgan fingerprint density at radius 2 is 1.97 bits per heavy atom.